The Hall–Kier alpha value is -0.120. The van der Waals surface area contributed by atoms with E-state index in [1.165, 1.54) is 13.1 Å². The molecule has 17 heavy (non-hydrogen) atoms. The molecule has 1 N–H and O–H groups in total. The molecule has 0 aromatic rings. The predicted molar refractivity (Wildman–Crippen MR) is 72.1 cm³/mol. The molecule has 1 heterocycles. The predicted octanol–water partition coefficient (Wildman–Crippen LogP) is 2.88. The number of hydroxylamine groups is 2. The summed E-state index contributed by atoms with van der Waals surface area (Å²) >= 11 is 0. The molecule has 1 fully saturated rings. The van der Waals surface area contributed by atoms with Crippen LogP contribution in [0, 0.1) is 0 Å². The van der Waals surface area contributed by atoms with Gasteiger partial charge in [-0.05, 0) is 41.5 Å². The van der Waals surface area contributed by atoms with E-state index in [0.29, 0.717) is 6.04 Å². The summed E-state index contributed by atoms with van der Waals surface area (Å²) in [6, 6.07) is 0.637. The Balaban J connectivity index is 2.99. The highest BCUT2D eigenvalue weighted by atomic mass is 16.5. The molecule has 3 heteroatoms. The average Bonchev–Trinajstić information content (AvgIpc) is 2.23. The Bertz CT molecular complexity index is 251. The van der Waals surface area contributed by atoms with Gasteiger partial charge in [-0.25, -0.2) is 0 Å². The molecule has 0 aromatic carbocycles. The number of rotatable bonds is 3. The summed E-state index contributed by atoms with van der Waals surface area (Å²) in [5.41, 5.74) is -0.257. The van der Waals surface area contributed by atoms with Gasteiger partial charge in [0.05, 0.1) is 26.2 Å². The van der Waals surface area contributed by atoms with Crippen LogP contribution in [0.15, 0.2) is 0 Å². The van der Waals surface area contributed by atoms with Crippen LogP contribution in [0.25, 0.3) is 0 Å². The lowest BCUT2D eigenvalue weighted by molar-refractivity contribution is -0.933. The van der Waals surface area contributed by atoms with E-state index < -0.39 is 0 Å². The SMILES string of the molecule is CC[N+](C)(CC)C1CC(C)(C)N(O)C(C)(C)C1. The Labute approximate surface area is 107 Å². The van der Waals surface area contributed by atoms with Crippen molar-refractivity contribution in [2.45, 2.75) is 71.5 Å². The summed E-state index contributed by atoms with van der Waals surface area (Å²) in [5.74, 6) is 0. The number of nitrogens with zero attached hydrogens (tertiary/aromatic N) is 2. The first-order valence-electron chi connectivity index (χ1n) is 6.92. The molecular formula is C14H31N2O+. The molecule has 1 rings (SSSR count). The van der Waals surface area contributed by atoms with E-state index in [0.717, 1.165) is 17.3 Å². The molecule has 3 nitrogen and oxygen atoms in total. The van der Waals surface area contributed by atoms with E-state index in [9.17, 15) is 5.21 Å². The summed E-state index contributed by atoms with van der Waals surface area (Å²) in [6.45, 7) is 15.5. The molecule has 0 aliphatic carbocycles. The number of hydrogen-bond acceptors (Lipinski definition) is 2. The van der Waals surface area contributed by atoms with Gasteiger partial charge >= 0.3 is 0 Å². The van der Waals surface area contributed by atoms with Crippen LogP contribution in [-0.2, 0) is 0 Å². The van der Waals surface area contributed by atoms with Crippen molar-refractivity contribution in [3.63, 3.8) is 0 Å². The second-order valence-corrected chi connectivity index (χ2v) is 7.11. The first-order valence-corrected chi connectivity index (χ1v) is 6.92. The molecule has 0 radical (unpaired) electrons. The van der Waals surface area contributed by atoms with Crippen molar-refractivity contribution in [2.24, 2.45) is 0 Å². The number of hydrogen-bond donors (Lipinski definition) is 1. The molecule has 1 saturated heterocycles. The molecular weight excluding hydrogens is 212 g/mol. The van der Waals surface area contributed by atoms with Gasteiger partial charge in [-0.3, -0.25) is 0 Å². The molecule has 0 saturated carbocycles. The van der Waals surface area contributed by atoms with Gasteiger partial charge in [0.15, 0.2) is 0 Å². The fourth-order valence-corrected chi connectivity index (χ4v) is 3.40. The van der Waals surface area contributed by atoms with Crippen molar-refractivity contribution in [3.8, 4) is 0 Å². The second-order valence-electron chi connectivity index (χ2n) is 7.11. The maximum absolute atomic E-state index is 10.3. The van der Waals surface area contributed by atoms with Crippen LogP contribution in [0.3, 0.4) is 0 Å². The Morgan fingerprint density at radius 3 is 1.71 bits per heavy atom. The van der Waals surface area contributed by atoms with Crippen LogP contribution in [0.5, 0.6) is 0 Å². The second kappa shape index (κ2) is 4.52. The minimum Gasteiger partial charge on any atom is -0.324 e. The molecule has 1 aliphatic rings. The molecule has 0 unspecified atom stereocenters. The number of quaternary nitrogens is 1. The van der Waals surface area contributed by atoms with Crippen molar-refractivity contribution in [3.05, 3.63) is 0 Å². The van der Waals surface area contributed by atoms with Crippen molar-refractivity contribution in [1.29, 1.82) is 0 Å². The van der Waals surface area contributed by atoms with Crippen LogP contribution in [0.2, 0.25) is 0 Å². The fourth-order valence-electron chi connectivity index (χ4n) is 3.40. The Morgan fingerprint density at radius 1 is 1.06 bits per heavy atom. The van der Waals surface area contributed by atoms with E-state index in [1.807, 2.05) is 0 Å². The quantitative estimate of drug-likeness (QED) is 0.771. The van der Waals surface area contributed by atoms with Gasteiger partial charge in [0.25, 0.3) is 0 Å². The zero-order chi connectivity index (χ0) is 13.5. The zero-order valence-electron chi connectivity index (χ0n) is 12.7. The highest BCUT2D eigenvalue weighted by Crippen LogP contribution is 2.40. The monoisotopic (exact) mass is 243 g/mol. The van der Waals surface area contributed by atoms with Gasteiger partial charge in [0, 0.05) is 23.9 Å². The first-order chi connectivity index (χ1) is 7.59. The molecule has 0 atom stereocenters. The summed E-state index contributed by atoms with van der Waals surface area (Å²) in [6.07, 6.45) is 2.12. The molecule has 0 spiro atoms. The van der Waals surface area contributed by atoms with Crippen LogP contribution in [0.1, 0.15) is 54.4 Å². The highest BCUT2D eigenvalue weighted by Gasteiger charge is 2.50. The van der Waals surface area contributed by atoms with Gasteiger partial charge in [-0.1, -0.05) is 0 Å². The van der Waals surface area contributed by atoms with Crippen molar-refractivity contribution < 1.29 is 9.69 Å². The van der Waals surface area contributed by atoms with Gasteiger partial charge in [0.2, 0.25) is 0 Å². The first kappa shape index (κ1) is 14.9. The lowest BCUT2D eigenvalue weighted by atomic mass is 9.77. The Kier molecular flexibility index (Phi) is 3.98. The minimum atomic E-state index is -0.129. The third-order valence-electron chi connectivity index (χ3n) is 4.94. The van der Waals surface area contributed by atoms with Crippen molar-refractivity contribution in [1.82, 2.24) is 5.06 Å². The summed E-state index contributed by atoms with van der Waals surface area (Å²) in [7, 11) is 2.35. The lowest BCUT2D eigenvalue weighted by Crippen LogP contribution is -2.66. The van der Waals surface area contributed by atoms with E-state index in [1.54, 1.807) is 5.06 Å². The van der Waals surface area contributed by atoms with E-state index in [2.05, 4.69) is 48.6 Å². The van der Waals surface area contributed by atoms with Crippen LogP contribution in [-0.4, -0.2) is 52.0 Å². The van der Waals surface area contributed by atoms with Crippen LogP contribution >= 0.6 is 0 Å². The smallest absolute Gasteiger partial charge is 0.0925 e. The number of piperidine rings is 1. The molecule has 0 bridgehead atoms. The van der Waals surface area contributed by atoms with E-state index in [4.69, 9.17) is 0 Å². The van der Waals surface area contributed by atoms with Gasteiger partial charge in [-0.2, -0.15) is 5.06 Å². The standard InChI is InChI=1S/C14H31N2O/c1-8-16(7,9-2)12-10-13(3,4)15(17)14(5,6)11-12/h12,17H,8-11H2,1-7H3/q+1. The van der Waals surface area contributed by atoms with E-state index in [-0.39, 0.29) is 11.1 Å². The largest absolute Gasteiger partial charge is 0.324 e. The van der Waals surface area contributed by atoms with Gasteiger partial charge in [-0.15, -0.1) is 0 Å². The molecule has 0 amide bonds. The lowest BCUT2D eigenvalue weighted by Gasteiger charge is -2.55. The van der Waals surface area contributed by atoms with Crippen molar-refractivity contribution in [2.75, 3.05) is 20.1 Å². The maximum atomic E-state index is 10.3. The zero-order valence-corrected chi connectivity index (χ0v) is 12.7. The van der Waals surface area contributed by atoms with Crippen molar-refractivity contribution >= 4 is 0 Å². The third-order valence-corrected chi connectivity index (χ3v) is 4.94. The van der Waals surface area contributed by atoms with Crippen LogP contribution < -0.4 is 0 Å². The molecule has 0 aromatic heterocycles. The topological polar surface area (TPSA) is 23.5 Å². The average molecular weight is 243 g/mol. The third kappa shape index (κ3) is 2.67. The normalized spacial score (nSPS) is 26.1. The maximum Gasteiger partial charge on any atom is 0.0925 e. The molecule has 102 valence electrons. The fraction of sp³-hybridized carbons (Fsp3) is 1.00. The van der Waals surface area contributed by atoms with Gasteiger partial charge < -0.3 is 9.69 Å². The summed E-state index contributed by atoms with van der Waals surface area (Å²) in [5, 5.41) is 11.9. The van der Waals surface area contributed by atoms with Crippen LogP contribution in [0.4, 0.5) is 0 Å². The summed E-state index contributed by atoms with van der Waals surface area (Å²) < 4.78 is 1.11. The highest BCUT2D eigenvalue weighted by molar-refractivity contribution is 4.96. The molecule has 1 aliphatic heterocycles. The van der Waals surface area contributed by atoms with E-state index >= 15 is 0 Å². The summed E-state index contributed by atoms with van der Waals surface area (Å²) in [4.78, 5) is 0. The Morgan fingerprint density at radius 2 is 1.41 bits per heavy atom. The van der Waals surface area contributed by atoms with Gasteiger partial charge in [0.1, 0.15) is 0 Å². The minimum absolute atomic E-state index is 0.129.